The molecule has 0 saturated carbocycles. The van der Waals surface area contributed by atoms with Crippen molar-refractivity contribution in [3.8, 4) is 0 Å². The number of nitrogens with one attached hydrogen (secondary N) is 1. The predicted molar refractivity (Wildman–Crippen MR) is 45.7 cm³/mol. The van der Waals surface area contributed by atoms with Crippen LogP contribution in [0.3, 0.4) is 0 Å². The summed E-state index contributed by atoms with van der Waals surface area (Å²) in [6.07, 6.45) is 4.72. The lowest BCUT2D eigenvalue weighted by Gasteiger charge is -2.17. The number of carbonyl (C=O) groups excluding carboxylic acids is 1. The highest BCUT2D eigenvalue weighted by atomic mass is 79.9. The van der Waals surface area contributed by atoms with Crippen molar-refractivity contribution >= 4 is 21.8 Å². The van der Waals surface area contributed by atoms with Gasteiger partial charge in [0.15, 0.2) is 5.60 Å². The molecule has 1 spiro atoms. The van der Waals surface area contributed by atoms with Crippen molar-refractivity contribution in [2.45, 2.75) is 16.5 Å². The molecule has 2 fully saturated rings. The summed E-state index contributed by atoms with van der Waals surface area (Å²) in [6.45, 7) is 0.747. The van der Waals surface area contributed by atoms with Crippen molar-refractivity contribution in [3.63, 3.8) is 0 Å². The van der Waals surface area contributed by atoms with Gasteiger partial charge < -0.3 is 10.1 Å². The van der Waals surface area contributed by atoms with E-state index < -0.39 is 5.60 Å². The van der Waals surface area contributed by atoms with Crippen LogP contribution in [-0.4, -0.2) is 22.6 Å². The molecule has 64 valence electrons. The molecule has 1 amide bonds. The fraction of sp³-hybridized carbons (Fsp3) is 0.625. The van der Waals surface area contributed by atoms with Gasteiger partial charge in [-0.1, -0.05) is 0 Å². The van der Waals surface area contributed by atoms with Gasteiger partial charge in [-0.15, -0.1) is 0 Å². The zero-order valence-corrected chi connectivity index (χ0v) is 7.93. The molecule has 2 bridgehead atoms. The van der Waals surface area contributed by atoms with Gasteiger partial charge in [0.05, 0.1) is 0 Å². The van der Waals surface area contributed by atoms with Crippen LogP contribution in [0.5, 0.6) is 0 Å². The van der Waals surface area contributed by atoms with Crippen molar-refractivity contribution in [1.82, 2.24) is 5.32 Å². The number of rotatable bonds is 0. The Hall–Kier alpha value is -0.350. The molecule has 0 aromatic heterocycles. The van der Waals surface area contributed by atoms with Crippen molar-refractivity contribution in [3.05, 3.63) is 12.2 Å². The Morgan fingerprint density at radius 1 is 1.67 bits per heavy atom. The van der Waals surface area contributed by atoms with Gasteiger partial charge in [0, 0.05) is 12.5 Å². The van der Waals surface area contributed by atoms with Gasteiger partial charge in [-0.2, -0.15) is 0 Å². The van der Waals surface area contributed by atoms with E-state index in [1.807, 2.05) is 12.2 Å². The Bertz CT molecular complexity index is 303. The van der Waals surface area contributed by atoms with Gasteiger partial charge in [-0.25, -0.2) is 0 Å². The zero-order valence-electron chi connectivity index (χ0n) is 6.34. The summed E-state index contributed by atoms with van der Waals surface area (Å²) in [7, 11) is 0. The number of hydrogen-bond donors (Lipinski definition) is 1. The lowest BCUT2D eigenvalue weighted by atomic mass is 9.86. The third kappa shape index (κ3) is 0.601. The van der Waals surface area contributed by atoms with Crippen LogP contribution < -0.4 is 5.32 Å². The van der Waals surface area contributed by atoms with Gasteiger partial charge >= 0.3 is 0 Å². The lowest BCUT2D eigenvalue weighted by molar-refractivity contribution is -0.134. The summed E-state index contributed by atoms with van der Waals surface area (Å²) in [4.78, 5) is 11.5. The number of amides is 1. The molecule has 0 aromatic rings. The minimum atomic E-state index is -0.635. The highest BCUT2D eigenvalue weighted by Gasteiger charge is 2.63. The summed E-state index contributed by atoms with van der Waals surface area (Å²) < 4.78 is 5.33. The number of ether oxygens (including phenoxy) is 1. The van der Waals surface area contributed by atoms with Crippen LogP contribution in [0.25, 0.3) is 0 Å². The molecule has 0 aromatic carbocycles. The van der Waals surface area contributed by atoms with Crippen LogP contribution in [-0.2, 0) is 9.53 Å². The van der Waals surface area contributed by atoms with Crippen LogP contribution in [0.15, 0.2) is 12.2 Å². The molecule has 0 radical (unpaired) electrons. The van der Waals surface area contributed by atoms with Gasteiger partial charge in [0.2, 0.25) is 0 Å². The number of carbonyl (C=O) groups is 1. The van der Waals surface area contributed by atoms with E-state index in [1.165, 1.54) is 0 Å². The Morgan fingerprint density at radius 3 is 3.17 bits per heavy atom. The first kappa shape index (κ1) is 7.09. The van der Waals surface area contributed by atoms with Crippen LogP contribution in [0, 0.1) is 5.92 Å². The molecule has 3 unspecified atom stereocenters. The Kier molecular flexibility index (Phi) is 1.05. The predicted octanol–water partition coefficient (Wildman–Crippen LogP) is 0.552. The SMILES string of the molecule is O=C1NCC2CC3(Br)C=CC12O3. The van der Waals surface area contributed by atoms with Crippen molar-refractivity contribution in [2.75, 3.05) is 6.54 Å². The highest BCUT2D eigenvalue weighted by molar-refractivity contribution is 9.10. The summed E-state index contributed by atoms with van der Waals surface area (Å²) >= 11 is 3.48. The average Bonchev–Trinajstić information content (AvgIpc) is 2.58. The third-order valence-electron chi connectivity index (χ3n) is 2.91. The molecule has 2 saturated heterocycles. The molecule has 4 heteroatoms. The van der Waals surface area contributed by atoms with Crippen molar-refractivity contribution in [2.24, 2.45) is 5.92 Å². The summed E-state index contributed by atoms with van der Waals surface area (Å²) in [5, 5.41) is 2.82. The molecule has 0 aliphatic carbocycles. The summed E-state index contributed by atoms with van der Waals surface area (Å²) in [6, 6.07) is 0. The molecule has 12 heavy (non-hydrogen) atoms. The zero-order chi connectivity index (χ0) is 8.40. The van der Waals surface area contributed by atoms with E-state index in [-0.39, 0.29) is 10.4 Å². The lowest BCUT2D eigenvalue weighted by Crippen LogP contribution is -2.38. The Morgan fingerprint density at radius 2 is 2.50 bits per heavy atom. The van der Waals surface area contributed by atoms with E-state index in [1.54, 1.807) is 0 Å². The van der Waals surface area contributed by atoms with E-state index in [4.69, 9.17) is 4.74 Å². The van der Waals surface area contributed by atoms with Crippen LogP contribution >= 0.6 is 15.9 Å². The van der Waals surface area contributed by atoms with E-state index in [9.17, 15) is 4.79 Å². The van der Waals surface area contributed by atoms with E-state index in [2.05, 4.69) is 21.2 Å². The Balaban J connectivity index is 2.13. The fourth-order valence-electron chi connectivity index (χ4n) is 2.30. The number of hydrogen-bond acceptors (Lipinski definition) is 2. The number of fused-ring (bicyclic) bond motifs is 1. The van der Waals surface area contributed by atoms with Crippen LogP contribution in [0.1, 0.15) is 6.42 Å². The molecule has 3 atom stereocenters. The van der Waals surface area contributed by atoms with E-state index in [0.29, 0.717) is 5.92 Å². The topological polar surface area (TPSA) is 38.3 Å². The second-order valence-corrected chi connectivity index (χ2v) is 4.97. The fourth-order valence-corrected chi connectivity index (χ4v) is 3.09. The summed E-state index contributed by atoms with van der Waals surface area (Å²) in [5.74, 6) is 0.331. The summed E-state index contributed by atoms with van der Waals surface area (Å²) in [5.41, 5.74) is -0.635. The smallest absolute Gasteiger partial charge is 0.256 e. The van der Waals surface area contributed by atoms with Gasteiger partial charge in [0.1, 0.15) is 4.51 Å². The first-order chi connectivity index (χ1) is 5.65. The van der Waals surface area contributed by atoms with Crippen LogP contribution in [0.4, 0.5) is 0 Å². The molecular weight excluding hydrogens is 222 g/mol. The van der Waals surface area contributed by atoms with Gasteiger partial charge in [0.25, 0.3) is 5.91 Å². The van der Waals surface area contributed by atoms with Gasteiger partial charge in [-0.3, -0.25) is 4.79 Å². The highest BCUT2D eigenvalue weighted by Crippen LogP contribution is 2.54. The second kappa shape index (κ2) is 1.77. The molecule has 3 aliphatic heterocycles. The first-order valence-corrected chi connectivity index (χ1v) is 4.82. The Labute approximate surface area is 78.3 Å². The van der Waals surface area contributed by atoms with Crippen molar-refractivity contribution < 1.29 is 9.53 Å². The number of halogens is 1. The normalized spacial score (nSPS) is 54.4. The molecule has 1 N–H and O–H groups in total. The quantitative estimate of drug-likeness (QED) is 0.487. The maximum Gasteiger partial charge on any atom is 0.256 e. The standard InChI is InChI=1S/C8H8BrNO2/c9-7-1-2-8(12-7)5(3-7)4-10-6(8)11/h1-2,5H,3-4H2,(H,10,11). The third-order valence-corrected chi connectivity index (χ3v) is 3.66. The number of alkyl halides is 1. The molecular formula is C8H8BrNO2. The second-order valence-electron chi connectivity index (χ2n) is 3.63. The van der Waals surface area contributed by atoms with E-state index in [0.717, 1.165) is 13.0 Å². The maximum absolute atomic E-state index is 11.5. The van der Waals surface area contributed by atoms with Gasteiger partial charge in [-0.05, 0) is 34.5 Å². The molecule has 3 heterocycles. The minimum absolute atomic E-state index is 0.0163. The molecule has 3 aliphatic rings. The van der Waals surface area contributed by atoms with E-state index >= 15 is 0 Å². The first-order valence-electron chi connectivity index (χ1n) is 4.02. The minimum Gasteiger partial charge on any atom is -0.353 e. The molecule has 3 rings (SSSR count). The maximum atomic E-state index is 11.5. The monoisotopic (exact) mass is 229 g/mol. The molecule has 3 nitrogen and oxygen atoms in total. The van der Waals surface area contributed by atoms with Crippen LogP contribution in [0.2, 0.25) is 0 Å². The van der Waals surface area contributed by atoms with Crippen molar-refractivity contribution in [1.29, 1.82) is 0 Å². The largest absolute Gasteiger partial charge is 0.353 e. The average molecular weight is 230 g/mol.